The molecule has 0 bridgehead atoms. The molecule has 128 valence electrons. The Morgan fingerprint density at radius 3 is 2.56 bits per heavy atom. The highest BCUT2D eigenvalue weighted by molar-refractivity contribution is 7.92. The second kappa shape index (κ2) is 6.57. The van der Waals surface area contributed by atoms with Crippen LogP contribution >= 0.6 is 0 Å². The topological polar surface area (TPSA) is 90.3 Å². The Morgan fingerprint density at radius 2 is 1.92 bits per heavy atom. The van der Waals surface area contributed by atoms with Crippen molar-refractivity contribution in [2.24, 2.45) is 0 Å². The molecule has 1 amide bonds. The van der Waals surface area contributed by atoms with Gasteiger partial charge in [-0.1, -0.05) is 6.07 Å². The number of carbonyl (C=O) groups is 1. The van der Waals surface area contributed by atoms with Gasteiger partial charge in [0, 0.05) is 17.8 Å². The SMILES string of the molecule is CS(=O)(=O)N1CCCc2ccc(NC(=O)c3ccc(C#N)cc3)cc21. The molecular formula is C18H17N3O3S. The average molecular weight is 355 g/mol. The number of amides is 1. The minimum atomic E-state index is -3.35. The summed E-state index contributed by atoms with van der Waals surface area (Å²) in [6, 6.07) is 13.6. The van der Waals surface area contributed by atoms with E-state index in [9.17, 15) is 13.2 Å². The van der Waals surface area contributed by atoms with Crippen molar-refractivity contribution in [1.82, 2.24) is 0 Å². The number of sulfonamides is 1. The van der Waals surface area contributed by atoms with Gasteiger partial charge in [-0.2, -0.15) is 5.26 Å². The third kappa shape index (κ3) is 3.64. The van der Waals surface area contributed by atoms with E-state index < -0.39 is 10.0 Å². The van der Waals surface area contributed by atoms with Crippen LogP contribution in [0.4, 0.5) is 11.4 Å². The first kappa shape index (κ1) is 17.0. The maximum absolute atomic E-state index is 12.3. The van der Waals surface area contributed by atoms with Crippen LogP contribution in [0, 0.1) is 11.3 Å². The van der Waals surface area contributed by atoms with Crippen molar-refractivity contribution in [2.45, 2.75) is 12.8 Å². The molecule has 0 unspecified atom stereocenters. The van der Waals surface area contributed by atoms with Gasteiger partial charge in [0.2, 0.25) is 10.0 Å². The van der Waals surface area contributed by atoms with E-state index in [2.05, 4.69) is 5.32 Å². The van der Waals surface area contributed by atoms with Crippen LogP contribution in [0.2, 0.25) is 0 Å². The van der Waals surface area contributed by atoms with Gasteiger partial charge in [0.05, 0.1) is 23.6 Å². The standard InChI is InChI=1S/C18H17N3O3S/c1-25(23,24)21-10-2-3-14-8-9-16(11-17(14)21)20-18(22)15-6-4-13(12-19)5-7-15/h4-9,11H,2-3,10H2,1H3,(H,20,22). The lowest BCUT2D eigenvalue weighted by Crippen LogP contribution is -2.34. The molecule has 0 atom stereocenters. The third-order valence-electron chi connectivity index (χ3n) is 4.10. The molecule has 7 heteroatoms. The normalized spacial score (nSPS) is 13.7. The number of nitrogens with one attached hydrogen (secondary N) is 1. The van der Waals surface area contributed by atoms with Crippen LogP contribution in [0.15, 0.2) is 42.5 Å². The Balaban J connectivity index is 1.86. The first-order valence-electron chi connectivity index (χ1n) is 7.80. The first-order chi connectivity index (χ1) is 11.9. The van der Waals surface area contributed by atoms with E-state index in [0.717, 1.165) is 18.4 Å². The Morgan fingerprint density at radius 1 is 1.20 bits per heavy atom. The minimum absolute atomic E-state index is 0.314. The van der Waals surface area contributed by atoms with Crippen molar-refractivity contribution in [2.75, 3.05) is 22.4 Å². The van der Waals surface area contributed by atoms with E-state index >= 15 is 0 Å². The molecule has 1 aliphatic heterocycles. The number of benzene rings is 2. The summed E-state index contributed by atoms with van der Waals surface area (Å²) in [7, 11) is -3.35. The van der Waals surface area contributed by atoms with Crippen LogP contribution in [-0.2, 0) is 16.4 Å². The van der Waals surface area contributed by atoms with E-state index in [1.807, 2.05) is 12.1 Å². The summed E-state index contributed by atoms with van der Waals surface area (Å²) in [6.45, 7) is 0.443. The molecule has 1 heterocycles. The number of anilines is 2. The van der Waals surface area contributed by atoms with E-state index in [-0.39, 0.29) is 5.91 Å². The zero-order valence-corrected chi connectivity index (χ0v) is 14.5. The summed E-state index contributed by atoms with van der Waals surface area (Å²) >= 11 is 0. The predicted octanol–water partition coefficient (Wildman–Crippen LogP) is 2.52. The minimum Gasteiger partial charge on any atom is -0.322 e. The molecule has 0 radical (unpaired) electrons. The van der Waals surface area contributed by atoms with Gasteiger partial charge in [0.25, 0.3) is 5.91 Å². The number of hydrogen-bond acceptors (Lipinski definition) is 4. The molecule has 6 nitrogen and oxygen atoms in total. The third-order valence-corrected chi connectivity index (χ3v) is 5.28. The first-order valence-corrected chi connectivity index (χ1v) is 9.65. The lowest BCUT2D eigenvalue weighted by atomic mass is 10.0. The number of hydrogen-bond donors (Lipinski definition) is 1. The molecule has 0 aromatic heterocycles. The molecule has 2 aromatic rings. The van der Waals surface area contributed by atoms with Crippen molar-refractivity contribution < 1.29 is 13.2 Å². The van der Waals surface area contributed by atoms with E-state index in [4.69, 9.17) is 5.26 Å². The molecule has 1 N–H and O–H groups in total. The maximum Gasteiger partial charge on any atom is 0.255 e. The van der Waals surface area contributed by atoms with Gasteiger partial charge in [-0.05, 0) is 54.8 Å². The van der Waals surface area contributed by atoms with Crippen LogP contribution in [-0.4, -0.2) is 27.1 Å². The van der Waals surface area contributed by atoms with Crippen LogP contribution < -0.4 is 9.62 Å². The molecule has 3 rings (SSSR count). The van der Waals surface area contributed by atoms with Crippen molar-refractivity contribution in [3.63, 3.8) is 0 Å². The molecular weight excluding hydrogens is 338 g/mol. The summed E-state index contributed by atoms with van der Waals surface area (Å²) in [4.78, 5) is 12.3. The van der Waals surface area contributed by atoms with E-state index in [0.29, 0.717) is 29.0 Å². The molecule has 0 saturated carbocycles. The molecule has 0 aliphatic carbocycles. The number of aryl methyl sites for hydroxylation is 1. The predicted molar refractivity (Wildman–Crippen MR) is 96.1 cm³/mol. The van der Waals surface area contributed by atoms with Gasteiger partial charge in [-0.25, -0.2) is 8.42 Å². The van der Waals surface area contributed by atoms with Gasteiger partial charge < -0.3 is 5.32 Å². The van der Waals surface area contributed by atoms with Gasteiger partial charge in [0.15, 0.2) is 0 Å². The summed E-state index contributed by atoms with van der Waals surface area (Å²) < 4.78 is 25.3. The van der Waals surface area contributed by atoms with Crippen molar-refractivity contribution in [1.29, 1.82) is 5.26 Å². The number of nitriles is 1. The fourth-order valence-electron chi connectivity index (χ4n) is 2.86. The van der Waals surface area contributed by atoms with Crippen LogP contribution in [0.1, 0.15) is 27.9 Å². The smallest absolute Gasteiger partial charge is 0.255 e. The highest BCUT2D eigenvalue weighted by Gasteiger charge is 2.24. The van der Waals surface area contributed by atoms with Gasteiger partial charge >= 0.3 is 0 Å². The van der Waals surface area contributed by atoms with Crippen molar-refractivity contribution >= 4 is 27.3 Å². The van der Waals surface area contributed by atoms with Crippen LogP contribution in [0.5, 0.6) is 0 Å². The zero-order chi connectivity index (χ0) is 18.0. The largest absolute Gasteiger partial charge is 0.322 e. The zero-order valence-electron chi connectivity index (χ0n) is 13.7. The highest BCUT2D eigenvalue weighted by Crippen LogP contribution is 2.31. The second-order valence-corrected chi connectivity index (χ2v) is 7.83. The lowest BCUT2D eigenvalue weighted by Gasteiger charge is -2.29. The van der Waals surface area contributed by atoms with E-state index in [1.165, 1.54) is 10.6 Å². The Hall–Kier alpha value is -2.85. The van der Waals surface area contributed by atoms with Crippen LogP contribution in [0.25, 0.3) is 0 Å². The molecule has 0 fully saturated rings. The summed E-state index contributed by atoms with van der Waals surface area (Å²) in [5.41, 5.74) is 3.01. The number of nitrogens with zero attached hydrogens (tertiary/aromatic N) is 2. The molecule has 0 saturated heterocycles. The fraction of sp³-hybridized carbons (Fsp3) is 0.222. The second-order valence-electron chi connectivity index (χ2n) is 5.93. The molecule has 25 heavy (non-hydrogen) atoms. The molecule has 1 aliphatic rings. The summed E-state index contributed by atoms with van der Waals surface area (Å²) in [5.74, 6) is -0.314. The highest BCUT2D eigenvalue weighted by atomic mass is 32.2. The average Bonchev–Trinajstić information content (AvgIpc) is 2.60. The number of rotatable bonds is 3. The Bertz CT molecular complexity index is 960. The number of carbonyl (C=O) groups excluding carboxylic acids is 1. The Labute approximate surface area is 146 Å². The van der Waals surface area contributed by atoms with Crippen LogP contribution in [0.3, 0.4) is 0 Å². The molecule has 2 aromatic carbocycles. The summed E-state index contributed by atoms with van der Waals surface area (Å²) in [6.07, 6.45) is 2.77. The lowest BCUT2D eigenvalue weighted by molar-refractivity contribution is 0.102. The monoisotopic (exact) mass is 355 g/mol. The summed E-state index contributed by atoms with van der Waals surface area (Å²) in [5, 5.41) is 11.6. The Kier molecular flexibility index (Phi) is 4.47. The van der Waals surface area contributed by atoms with E-state index in [1.54, 1.807) is 36.4 Å². The quantitative estimate of drug-likeness (QED) is 0.916. The fourth-order valence-corrected chi connectivity index (χ4v) is 3.85. The molecule has 0 spiro atoms. The van der Waals surface area contributed by atoms with Crippen molar-refractivity contribution in [3.8, 4) is 6.07 Å². The van der Waals surface area contributed by atoms with Gasteiger partial charge in [-0.3, -0.25) is 9.10 Å². The van der Waals surface area contributed by atoms with Gasteiger partial charge in [-0.15, -0.1) is 0 Å². The van der Waals surface area contributed by atoms with Crippen molar-refractivity contribution in [3.05, 3.63) is 59.2 Å². The number of fused-ring (bicyclic) bond motifs is 1. The maximum atomic E-state index is 12.3. The van der Waals surface area contributed by atoms with Gasteiger partial charge in [0.1, 0.15) is 0 Å².